The van der Waals surface area contributed by atoms with Crippen molar-refractivity contribution >= 4 is 44.5 Å². The zero-order chi connectivity index (χ0) is 17.7. The third kappa shape index (κ3) is 5.08. The van der Waals surface area contributed by atoms with E-state index in [1.165, 1.54) is 6.07 Å². The predicted octanol–water partition coefficient (Wildman–Crippen LogP) is 4.02. The highest BCUT2D eigenvalue weighted by Crippen LogP contribution is 2.25. The number of carbonyl (C=O) groups is 1. The number of anilines is 1. The molecule has 24 heavy (non-hydrogen) atoms. The predicted molar refractivity (Wildman–Crippen MR) is 94.7 cm³/mol. The van der Waals surface area contributed by atoms with Crippen LogP contribution in [0.1, 0.15) is 11.8 Å². The van der Waals surface area contributed by atoms with Crippen LogP contribution in [-0.4, -0.2) is 28.8 Å². The van der Waals surface area contributed by atoms with Crippen molar-refractivity contribution in [1.29, 1.82) is 0 Å². The minimum Gasteiger partial charge on any atom is -0.319 e. The first-order valence-electron chi connectivity index (χ1n) is 7.09. The van der Waals surface area contributed by atoms with Crippen LogP contribution in [0.2, 0.25) is 0 Å². The van der Waals surface area contributed by atoms with E-state index < -0.39 is 16.4 Å². The van der Waals surface area contributed by atoms with Gasteiger partial charge in [-0.25, -0.2) is 4.39 Å². The number of nitrogens with zero attached hydrogens (tertiary/aromatic N) is 2. The third-order valence-electron chi connectivity index (χ3n) is 3.25. The van der Waals surface area contributed by atoms with E-state index in [0.717, 1.165) is 20.8 Å². The molecule has 128 valence electrons. The number of halogens is 2. The molecule has 0 radical (unpaired) electrons. The summed E-state index contributed by atoms with van der Waals surface area (Å²) < 4.78 is 14.1. The molecule has 1 N–H and O–H groups in total. The van der Waals surface area contributed by atoms with Crippen LogP contribution >= 0.6 is 27.3 Å². The molecule has 2 aromatic rings. The summed E-state index contributed by atoms with van der Waals surface area (Å²) in [6.07, 6.45) is 0. The van der Waals surface area contributed by atoms with Gasteiger partial charge in [0, 0.05) is 11.4 Å². The molecule has 9 heteroatoms. The van der Waals surface area contributed by atoms with Crippen LogP contribution < -0.4 is 5.32 Å². The highest BCUT2D eigenvalue weighted by atomic mass is 79.9. The molecular weight excluding hydrogens is 401 g/mol. The van der Waals surface area contributed by atoms with Gasteiger partial charge >= 0.3 is 0 Å². The molecule has 1 heterocycles. The minimum absolute atomic E-state index is 0.0127. The Bertz CT molecular complexity index is 753. The average molecular weight is 416 g/mol. The van der Waals surface area contributed by atoms with Crippen molar-refractivity contribution in [3.63, 3.8) is 0 Å². The average Bonchev–Trinajstić information content (AvgIpc) is 2.93. The SMILES string of the molecule is CCN(CC(=O)Nc1ccc(F)cc1[N+](=O)[O-])Cc1ccc(Br)s1. The number of benzene rings is 1. The second kappa shape index (κ2) is 8.32. The van der Waals surface area contributed by atoms with Gasteiger partial charge in [0.15, 0.2) is 0 Å². The van der Waals surface area contributed by atoms with E-state index in [1.807, 2.05) is 24.0 Å². The molecule has 0 aliphatic carbocycles. The number of hydrogen-bond acceptors (Lipinski definition) is 5. The summed E-state index contributed by atoms with van der Waals surface area (Å²) in [5.41, 5.74) is -0.477. The zero-order valence-corrected chi connectivity index (χ0v) is 15.2. The fourth-order valence-corrected chi connectivity index (χ4v) is 3.62. The number of nitro groups is 1. The Hall–Kier alpha value is -1.84. The lowest BCUT2D eigenvalue weighted by Gasteiger charge is -2.19. The van der Waals surface area contributed by atoms with Crippen LogP contribution in [0.15, 0.2) is 34.1 Å². The molecule has 6 nitrogen and oxygen atoms in total. The van der Waals surface area contributed by atoms with Crippen molar-refractivity contribution in [1.82, 2.24) is 4.90 Å². The van der Waals surface area contributed by atoms with Crippen LogP contribution in [0, 0.1) is 15.9 Å². The minimum atomic E-state index is -0.724. The number of rotatable bonds is 7. The van der Waals surface area contributed by atoms with Gasteiger partial charge in [-0.3, -0.25) is 19.8 Å². The Morgan fingerprint density at radius 1 is 1.42 bits per heavy atom. The van der Waals surface area contributed by atoms with Gasteiger partial charge in [0.05, 0.1) is 21.3 Å². The van der Waals surface area contributed by atoms with E-state index in [1.54, 1.807) is 11.3 Å². The Labute approximate surface area is 150 Å². The number of nitro benzene ring substituents is 1. The molecule has 1 aromatic heterocycles. The highest BCUT2D eigenvalue weighted by Gasteiger charge is 2.18. The van der Waals surface area contributed by atoms with E-state index in [4.69, 9.17) is 0 Å². The van der Waals surface area contributed by atoms with Gasteiger partial charge < -0.3 is 5.32 Å². The number of thiophene rings is 1. The molecule has 0 saturated carbocycles. The molecule has 0 bridgehead atoms. The molecule has 0 fully saturated rings. The van der Waals surface area contributed by atoms with Gasteiger partial charge in [-0.1, -0.05) is 6.92 Å². The van der Waals surface area contributed by atoms with Crippen LogP contribution in [0.25, 0.3) is 0 Å². The number of hydrogen-bond donors (Lipinski definition) is 1. The van der Waals surface area contributed by atoms with Gasteiger partial charge in [0.2, 0.25) is 5.91 Å². The van der Waals surface area contributed by atoms with E-state index >= 15 is 0 Å². The van der Waals surface area contributed by atoms with Gasteiger partial charge in [-0.15, -0.1) is 11.3 Å². The molecule has 0 atom stereocenters. The van der Waals surface area contributed by atoms with Gasteiger partial charge in [-0.05, 0) is 46.7 Å². The second-order valence-corrected chi connectivity index (χ2v) is 7.52. The lowest BCUT2D eigenvalue weighted by Crippen LogP contribution is -2.32. The first kappa shape index (κ1) is 18.5. The van der Waals surface area contributed by atoms with Crippen LogP contribution in [0.5, 0.6) is 0 Å². The Morgan fingerprint density at radius 2 is 2.17 bits per heavy atom. The van der Waals surface area contributed by atoms with Crippen molar-refractivity contribution in [3.8, 4) is 0 Å². The number of carbonyl (C=O) groups excluding carboxylic acids is 1. The standard InChI is InChI=1S/C15H15BrFN3O3S/c1-2-19(8-11-4-6-14(16)24-11)9-15(21)18-12-5-3-10(17)7-13(12)20(22)23/h3-7H,2,8-9H2,1H3,(H,18,21). The molecule has 1 aromatic carbocycles. The largest absolute Gasteiger partial charge is 0.319 e. The van der Waals surface area contributed by atoms with Crippen molar-refractivity contribution < 1.29 is 14.1 Å². The molecule has 0 spiro atoms. The molecular formula is C15H15BrFN3O3S. The fraction of sp³-hybridized carbons (Fsp3) is 0.267. The summed E-state index contributed by atoms with van der Waals surface area (Å²) in [6.45, 7) is 3.26. The van der Waals surface area contributed by atoms with Crippen molar-refractivity contribution in [2.75, 3.05) is 18.4 Å². The summed E-state index contributed by atoms with van der Waals surface area (Å²) in [7, 11) is 0. The summed E-state index contributed by atoms with van der Waals surface area (Å²) in [6, 6.07) is 6.97. The first-order valence-corrected chi connectivity index (χ1v) is 8.70. The lowest BCUT2D eigenvalue weighted by atomic mass is 10.2. The van der Waals surface area contributed by atoms with Gasteiger partial charge in [0.1, 0.15) is 11.5 Å². The van der Waals surface area contributed by atoms with E-state index in [9.17, 15) is 19.3 Å². The molecule has 0 unspecified atom stereocenters. The van der Waals surface area contributed by atoms with Crippen molar-refractivity contribution in [2.24, 2.45) is 0 Å². The molecule has 0 aliphatic rings. The van der Waals surface area contributed by atoms with Crippen molar-refractivity contribution in [3.05, 3.63) is 54.9 Å². The number of nitrogens with one attached hydrogen (secondary N) is 1. The normalized spacial score (nSPS) is 10.8. The summed E-state index contributed by atoms with van der Waals surface area (Å²) in [4.78, 5) is 25.4. The highest BCUT2D eigenvalue weighted by molar-refractivity contribution is 9.11. The Balaban J connectivity index is 2.02. The van der Waals surface area contributed by atoms with Gasteiger partial charge in [-0.2, -0.15) is 0 Å². The quantitative estimate of drug-likeness (QED) is 0.547. The fourth-order valence-electron chi connectivity index (χ4n) is 2.09. The molecule has 1 amide bonds. The maximum absolute atomic E-state index is 13.1. The lowest BCUT2D eigenvalue weighted by molar-refractivity contribution is -0.384. The Morgan fingerprint density at radius 3 is 2.75 bits per heavy atom. The summed E-state index contributed by atoms with van der Waals surface area (Å²) in [5, 5.41) is 13.4. The van der Waals surface area contributed by atoms with Crippen LogP contribution in [0.4, 0.5) is 15.8 Å². The smallest absolute Gasteiger partial charge is 0.295 e. The molecule has 2 rings (SSSR count). The monoisotopic (exact) mass is 415 g/mol. The topological polar surface area (TPSA) is 75.5 Å². The Kier molecular flexibility index (Phi) is 6.41. The van der Waals surface area contributed by atoms with E-state index in [2.05, 4.69) is 21.2 Å². The second-order valence-electron chi connectivity index (χ2n) is 4.98. The summed E-state index contributed by atoms with van der Waals surface area (Å²) >= 11 is 4.98. The summed E-state index contributed by atoms with van der Waals surface area (Å²) in [5.74, 6) is -1.11. The number of likely N-dealkylation sites (N-methyl/N-ethyl adjacent to an activating group) is 1. The molecule has 0 aliphatic heterocycles. The maximum Gasteiger partial charge on any atom is 0.295 e. The van der Waals surface area contributed by atoms with E-state index in [0.29, 0.717) is 13.1 Å². The maximum atomic E-state index is 13.1. The van der Waals surface area contributed by atoms with Crippen LogP contribution in [-0.2, 0) is 11.3 Å². The molecule has 0 saturated heterocycles. The van der Waals surface area contributed by atoms with Crippen molar-refractivity contribution in [2.45, 2.75) is 13.5 Å². The zero-order valence-electron chi connectivity index (χ0n) is 12.8. The van der Waals surface area contributed by atoms with E-state index in [-0.39, 0.29) is 18.1 Å². The first-order chi connectivity index (χ1) is 11.4. The third-order valence-corrected chi connectivity index (χ3v) is 4.86. The van der Waals surface area contributed by atoms with Crippen LogP contribution in [0.3, 0.4) is 0 Å². The number of amides is 1. The van der Waals surface area contributed by atoms with Gasteiger partial charge in [0.25, 0.3) is 5.69 Å².